The Balaban J connectivity index is 1.85. The minimum Gasteiger partial charge on any atom is -0.379 e. The lowest BCUT2D eigenvalue weighted by Crippen LogP contribution is -2.55. The fourth-order valence-electron chi connectivity index (χ4n) is 2.42. The third-order valence-corrected chi connectivity index (χ3v) is 4.60. The first-order valence-electron chi connectivity index (χ1n) is 7.52. The molecule has 0 radical (unpaired) electrons. The van der Waals surface area contributed by atoms with Crippen molar-refractivity contribution in [2.75, 3.05) is 32.8 Å². The summed E-state index contributed by atoms with van der Waals surface area (Å²) in [7, 11) is 0. The lowest BCUT2D eigenvalue weighted by Gasteiger charge is -2.40. The van der Waals surface area contributed by atoms with E-state index >= 15 is 0 Å². The Morgan fingerprint density at radius 2 is 2.05 bits per heavy atom. The molecule has 0 bridgehead atoms. The first-order chi connectivity index (χ1) is 10.5. The fraction of sp³-hybridized carbons (Fsp3) is 0.471. The maximum atomic E-state index is 12.0. The Hall–Kier alpha value is -1.17. The smallest absolute Gasteiger partial charge is 0.244 e. The molecule has 0 atom stereocenters. The van der Waals surface area contributed by atoms with Crippen molar-refractivity contribution in [3.05, 3.63) is 40.4 Å². The van der Waals surface area contributed by atoms with Crippen molar-refractivity contribution >= 4 is 27.9 Å². The van der Waals surface area contributed by atoms with Crippen LogP contribution in [0.3, 0.4) is 0 Å². The zero-order valence-corrected chi connectivity index (χ0v) is 14.7. The van der Waals surface area contributed by atoms with E-state index in [1.165, 1.54) is 0 Å². The van der Waals surface area contributed by atoms with Gasteiger partial charge in [0.05, 0.1) is 13.2 Å². The molecule has 1 amide bonds. The summed E-state index contributed by atoms with van der Waals surface area (Å²) in [6.07, 6.45) is 3.40. The standard InChI is InChI=1S/C17H23BrN2O2/c1-17(2,20-9-11-22-12-10-20)13-19-16(21)8-7-14-5-3-4-6-15(14)18/h3-8H,9-13H2,1-2H3,(H,19,21)/b8-7+. The Bertz CT molecular complexity index is 537. The molecule has 0 unspecified atom stereocenters. The second kappa shape index (κ2) is 7.90. The topological polar surface area (TPSA) is 41.6 Å². The van der Waals surface area contributed by atoms with Crippen molar-refractivity contribution < 1.29 is 9.53 Å². The number of amides is 1. The van der Waals surface area contributed by atoms with Gasteiger partial charge in [-0.15, -0.1) is 0 Å². The van der Waals surface area contributed by atoms with Crippen LogP contribution in [0.5, 0.6) is 0 Å². The Morgan fingerprint density at radius 3 is 2.73 bits per heavy atom. The summed E-state index contributed by atoms with van der Waals surface area (Å²) in [5, 5.41) is 2.99. The Labute approximate surface area is 140 Å². The molecular formula is C17H23BrN2O2. The lowest BCUT2D eigenvalue weighted by molar-refractivity contribution is -0.117. The summed E-state index contributed by atoms with van der Waals surface area (Å²) in [5.74, 6) is -0.0721. The number of hydrogen-bond acceptors (Lipinski definition) is 3. The summed E-state index contributed by atoms with van der Waals surface area (Å²) in [6.45, 7) is 8.27. The Morgan fingerprint density at radius 1 is 1.36 bits per heavy atom. The summed E-state index contributed by atoms with van der Waals surface area (Å²) in [5.41, 5.74) is 0.922. The molecule has 1 N–H and O–H groups in total. The van der Waals surface area contributed by atoms with E-state index in [9.17, 15) is 4.79 Å². The predicted molar refractivity (Wildman–Crippen MR) is 92.7 cm³/mol. The van der Waals surface area contributed by atoms with E-state index in [4.69, 9.17) is 4.74 Å². The van der Waals surface area contributed by atoms with Crippen LogP contribution in [-0.4, -0.2) is 49.2 Å². The van der Waals surface area contributed by atoms with Gasteiger partial charge in [0.25, 0.3) is 0 Å². The van der Waals surface area contributed by atoms with Crippen molar-refractivity contribution in [3.63, 3.8) is 0 Å². The molecule has 4 nitrogen and oxygen atoms in total. The number of carbonyl (C=O) groups is 1. The molecule has 0 spiro atoms. The summed E-state index contributed by atoms with van der Waals surface area (Å²) < 4.78 is 6.35. The first kappa shape index (κ1) is 17.2. The van der Waals surface area contributed by atoms with Gasteiger partial charge in [-0.25, -0.2) is 0 Å². The Kier molecular flexibility index (Phi) is 6.17. The van der Waals surface area contributed by atoms with Gasteiger partial charge in [0.15, 0.2) is 0 Å². The molecule has 1 heterocycles. The van der Waals surface area contributed by atoms with Gasteiger partial charge < -0.3 is 10.1 Å². The minimum absolute atomic E-state index is 0.0688. The van der Waals surface area contributed by atoms with Crippen LogP contribution in [0.25, 0.3) is 6.08 Å². The van der Waals surface area contributed by atoms with E-state index in [2.05, 4.69) is 40.0 Å². The molecule has 1 aromatic rings. The molecule has 0 saturated carbocycles. The van der Waals surface area contributed by atoms with E-state index in [0.717, 1.165) is 36.3 Å². The average Bonchev–Trinajstić information content (AvgIpc) is 2.53. The zero-order chi connectivity index (χ0) is 16.0. The van der Waals surface area contributed by atoms with Crippen molar-refractivity contribution in [1.82, 2.24) is 10.2 Å². The summed E-state index contributed by atoms with van der Waals surface area (Å²) >= 11 is 3.47. The van der Waals surface area contributed by atoms with Crippen LogP contribution in [0.4, 0.5) is 0 Å². The van der Waals surface area contributed by atoms with Gasteiger partial charge in [-0.1, -0.05) is 34.1 Å². The van der Waals surface area contributed by atoms with Crippen molar-refractivity contribution in [2.45, 2.75) is 19.4 Å². The van der Waals surface area contributed by atoms with E-state index in [1.807, 2.05) is 30.3 Å². The lowest BCUT2D eigenvalue weighted by atomic mass is 10.0. The van der Waals surface area contributed by atoms with Crippen LogP contribution in [0.1, 0.15) is 19.4 Å². The van der Waals surface area contributed by atoms with Crippen LogP contribution in [0, 0.1) is 0 Å². The number of morpholine rings is 1. The highest BCUT2D eigenvalue weighted by molar-refractivity contribution is 9.10. The van der Waals surface area contributed by atoms with Crippen molar-refractivity contribution in [1.29, 1.82) is 0 Å². The maximum absolute atomic E-state index is 12.0. The van der Waals surface area contributed by atoms with Gasteiger partial charge in [-0.05, 0) is 31.6 Å². The second-order valence-electron chi connectivity index (χ2n) is 5.98. The molecule has 0 aliphatic carbocycles. The van der Waals surface area contributed by atoms with Gasteiger partial charge in [0.1, 0.15) is 0 Å². The first-order valence-corrected chi connectivity index (χ1v) is 8.31. The van der Waals surface area contributed by atoms with Crippen LogP contribution in [0.2, 0.25) is 0 Å². The highest BCUT2D eigenvalue weighted by atomic mass is 79.9. The van der Waals surface area contributed by atoms with Crippen LogP contribution in [-0.2, 0) is 9.53 Å². The number of hydrogen-bond donors (Lipinski definition) is 1. The number of halogens is 1. The number of ether oxygens (including phenoxy) is 1. The van der Waals surface area contributed by atoms with Crippen LogP contribution < -0.4 is 5.32 Å². The predicted octanol–water partition coefficient (Wildman–Crippen LogP) is 2.69. The van der Waals surface area contributed by atoms with E-state index < -0.39 is 0 Å². The highest BCUT2D eigenvalue weighted by Crippen LogP contribution is 2.17. The molecule has 1 aromatic carbocycles. The fourth-order valence-corrected chi connectivity index (χ4v) is 2.84. The number of nitrogens with zero attached hydrogens (tertiary/aromatic N) is 1. The summed E-state index contributed by atoms with van der Waals surface area (Å²) in [6, 6.07) is 7.82. The van der Waals surface area contributed by atoms with Gasteiger partial charge >= 0.3 is 0 Å². The zero-order valence-electron chi connectivity index (χ0n) is 13.1. The molecule has 0 aromatic heterocycles. The normalized spacial score (nSPS) is 16.9. The summed E-state index contributed by atoms with van der Waals surface area (Å²) in [4.78, 5) is 14.4. The third kappa shape index (κ3) is 4.93. The SMILES string of the molecule is CC(C)(CNC(=O)/C=C/c1ccccc1Br)N1CCOCC1. The van der Waals surface area contributed by atoms with Crippen molar-refractivity contribution in [3.8, 4) is 0 Å². The minimum atomic E-state index is -0.0721. The quantitative estimate of drug-likeness (QED) is 0.814. The maximum Gasteiger partial charge on any atom is 0.244 e. The van der Waals surface area contributed by atoms with Crippen LogP contribution >= 0.6 is 15.9 Å². The van der Waals surface area contributed by atoms with Gasteiger partial charge in [0, 0.05) is 35.7 Å². The van der Waals surface area contributed by atoms with Crippen LogP contribution in [0.15, 0.2) is 34.8 Å². The largest absolute Gasteiger partial charge is 0.379 e. The molecule has 5 heteroatoms. The highest BCUT2D eigenvalue weighted by Gasteiger charge is 2.28. The monoisotopic (exact) mass is 366 g/mol. The average molecular weight is 367 g/mol. The van der Waals surface area contributed by atoms with E-state index in [1.54, 1.807) is 6.08 Å². The van der Waals surface area contributed by atoms with E-state index in [-0.39, 0.29) is 11.4 Å². The number of nitrogens with one attached hydrogen (secondary N) is 1. The molecule has 2 rings (SSSR count). The number of carbonyl (C=O) groups excluding carboxylic acids is 1. The molecule has 1 fully saturated rings. The van der Waals surface area contributed by atoms with Crippen molar-refractivity contribution in [2.24, 2.45) is 0 Å². The van der Waals surface area contributed by atoms with Gasteiger partial charge in [0.2, 0.25) is 5.91 Å². The molecule has 22 heavy (non-hydrogen) atoms. The third-order valence-electron chi connectivity index (χ3n) is 3.88. The molecule has 1 saturated heterocycles. The van der Waals surface area contributed by atoms with Gasteiger partial charge in [-0.3, -0.25) is 9.69 Å². The number of rotatable bonds is 5. The molecular weight excluding hydrogens is 344 g/mol. The molecule has 1 aliphatic rings. The molecule has 1 aliphatic heterocycles. The van der Waals surface area contributed by atoms with E-state index in [0.29, 0.717) is 6.54 Å². The second-order valence-corrected chi connectivity index (χ2v) is 6.84. The van der Waals surface area contributed by atoms with Gasteiger partial charge in [-0.2, -0.15) is 0 Å². The molecule has 120 valence electrons. The number of benzene rings is 1.